The van der Waals surface area contributed by atoms with Crippen molar-refractivity contribution < 1.29 is 13.9 Å². The van der Waals surface area contributed by atoms with Gasteiger partial charge in [-0.05, 0) is 72.6 Å². The van der Waals surface area contributed by atoms with Crippen molar-refractivity contribution in [3.05, 3.63) is 95.4 Å². The summed E-state index contributed by atoms with van der Waals surface area (Å²) >= 11 is 0. The first-order chi connectivity index (χ1) is 14.9. The van der Waals surface area contributed by atoms with Gasteiger partial charge in [0.15, 0.2) is 0 Å². The number of likely N-dealkylation sites (N-methyl/N-ethyl adjacent to an activating group) is 1. The summed E-state index contributed by atoms with van der Waals surface area (Å²) in [6.07, 6.45) is 1.60. The molecule has 31 heavy (non-hydrogen) atoms. The maximum atomic E-state index is 14.9. The fraction of sp³-hybridized carbons (Fsp3) is 0.192. The molecule has 3 aromatic rings. The van der Waals surface area contributed by atoms with Gasteiger partial charge in [0.25, 0.3) is 0 Å². The molecular formula is C26H25FN2O2. The minimum Gasteiger partial charge on any atom is -0.457 e. The third-order valence-corrected chi connectivity index (χ3v) is 5.65. The Kier molecular flexibility index (Phi) is 5.51. The zero-order valence-electron chi connectivity index (χ0n) is 17.9. The quantitative estimate of drug-likeness (QED) is 0.587. The topological polar surface area (TPSA) is 41.6 Å². The molecule has 5 heteroatoms. The summed E-state index contributed by atoms with van der Waals surface area (Å²) in [4.78, 5) is 14.8. The lowest BCUT2D eigenvalue weighted by Gasteiger charge is -2.26. The van der Waals surface area contributed by atoms with Crippen molar-refractivity contribution in [1.82, 2.24) is 10.2 Å². The Hall–Kier alpha value is -3.60. The van der Waals surface area contributed by atoms with Gasteiger partial charge < -0.3 is 15.0 Å². The zero-order valence-corrected chi connectivity index (χ0v) is 17.9. The largest absolute Gasteiger partial charge is 0.457 e. The Bertz CT molecular complexity index is 1170. The first-order valence-electron chi connectivity index (χ1n) is 10.2. The number of halogens is 1. The fourth-order valence-corrected chi connectivity index (χ4v) is 4.04. The second-order valence-electron chi connectivity index (χ2n) is 7.86. The highest BCUT2D eigenvalue weighted by atomic mass is 19.1. The Labute approximate surface area is 182 Å². The van der Waals surface area contributed by atoms with Crippen LogP contribution in [0.5, 0.6) is 11.5 Å². The smallest absolute Gasteiger partial charge is 0.247 e. The Balaban J connectivity index is 1.95. The number of amides is 1. The first-order valence-corrected chi connectivity index (χ1v) is 10.2. The zero-order chi connectivity index (χ0) is 22.1. The van der Waals surface area contributed by atoms with Crippen molar-refractivity contribution in [3.63, 3.8) is 0 Å². The molecule has 1 atom stereocenters. The van der Waals surface area contributed by atoms with E-state index in [0.29, 0.717) is 22.6 Å². The van der Waals surface area contributed by atoms with Crippen LogP contribution in [0.3, 0.4) is 0 Å². The van der Waals surface area contributed by atoms with Crippen LogP contribution in [0.15, 0.2) is 67.4 Å². The van der Waals surface area contributed by atoms with E-state index < -0.39 is 6.04 Å². The van der Waals surface area contributed by atoms with Gasteiger partial charge in [-0.2, -0.15) is 0 Å². The number of hydrogen-bond donors (Lipinski definition) is 1. The van der Waals surface area contributed by atoms with Gasteiger partial charge in [-0.3, -0.25) is 4.79 Å². The molecule has 0 saturated heterocycles. The molecular weight excluding hydrogens is 391 g/mol. The molecule has 4 bridgehead atoms. The minimum atomic E-state index is -0.619. The average Bonchev–Trinajstić information content (AvgIpc) is 2.75. The Morgan fingerprint density at radius 1 is 1.13 bits per heavy atom. The van der Waals surface area contributed by atoms with E-state index in [9.17, 15) is 9.18 Å². The van der Waals surface area contributed by atoms with Gasteiger partial charge in [-0.1, -0.05) is 30.8 Å². The van der Waals surface area contributed by atoms with Crippen LogP contribution in [0.2, 0.25) is 0 Å². The van der Waals surface area contributed by atoms with E-state index in [1.807, 2.05) is 55.5 Å². The molecule has 0 fully saturated rings. The van der Waals surface area contributed by atoms with Crippen LogP contribution in [-0.2, 0) is 11.3 Å². The van der Waals surface area contributed by atoms with Crippen LogP contribution >= 0.6 is 0 Å². The molecule has 0 aliphatic carbocycles. The second-order valence-corrected chi connectivity index (χ2v) is 7.86. The summed E-state index contributed by atoms with van der Waals surface area (Å²) < 4.78 is 21.2. The van der Waals surface area contributed by atoms with Crippen LogP contribution in [0, 0.1) is 19.7 Å². The molecule has 0 aromatic heterocycles. The fourth-order valence-electron chi connectivity index (χ4n) is 4.04. The molecule has 4 rings (SSSR count). The summed E-state index contributed by atoms with van der Waals surface area (Å²) in [6, 6.07) is 16.3. The van der Waals surface area contributed by atoms with Gasteiger partial charge in [0.1, 0.15) is 23.4 Å². The molecule has 0 saturated carbocycles. The number of carbonyl (C=O) groups excluding carboxylic acids is 1. The molecule has 1 aliphatic rings. The van der Waals surface area contributed by atoms with E-state index in [0.717, 1.165) is 22.3 Å². The minimum absolute atomic E-state index is 0.0859. The molecule has 1 amide bonds. The molecule has 4 nitrogen and oxygen atoms in total. The van der Waals surface area contributed by atoms with Crippen LogP contribution in [0.4, 0.5) is 4.39 Å². The number of ether oxygens (including phenoxy) is 1. The molecule has 0 radical (unpaired) electrons. The third kappa shape index (κ3) is 3.91. The highest BCUT2D eigenvalue weighted by Gasteiger charge is 2.25. The molecule has 1 N–H and O–H groups in total. The van der Waals surface area contributed by atoms with Crippen molar-refractivity contribution in [3.8, 4) is 22.6 Å². The molecule has 0 spiro atoms. The number of aryl methyl sites for hydroxylation is 2. The van der Waals surface area contributed by atoms with E-state index in [-0.39, 0.29) is 18.3 Å². The van der Waals surface area contributed by atoms with Gasteiger partial charge in [0.2, 0.25) is 5.91 Å². The summed E-state index contributed by atoms with van der Waals surface area (Å²) in [5.41, 5.74) is 4.49. The summed E-state index contributed by atoms with van der Waals surface area (Å²) in [6.45, 7) is 7.62. The molecule has 1 unspecified atom stereocenters. The van der Waals surface area contributed by atoms with Crippen molar-refractivity contribution in [2.45, 2.75) is 26.4 Å². The van der Waals surface area contributed by atoms with E-state index in [1.165, 1.54) is 0 Å². The molecule has 158 valence electrons. The van der Waals surface area contributed by atoms with Gasteiger partial charge in [-0.15, -0.1) is 0 Å². The molecule has 1 heterocycles. The number of carbonyl (C=O) groups is 1. The van der Waals surface area contributed by atoms with E-state index in [2.05, 4.69) is 11.9 Å². The highest BCUT2D eigenvalue weighted by molar-refractivity contribution is 5.84. The molecule has 1 aliphatic heterocycles. The van der Waals surface area contributed by atoms with Gasteiger partial charge in [0.05, 0.1) is 0 Å². The maximum absolute atomic E-state index is 14.9. The van der Waals surface area contributed by atoms with Crippen LogP contribution < -0.4 is 10.1 Å². The Morgan fingerprint density at radius 3 is 2.68 bits per heavy atom. The van der Waals surface area contributed by atoms with Crippen LogP contribution in [0.25, 0.3) is 11.1 Å². The highest BCUT2D eigenvalue weighted by Crippen LogP contribution is 2.38. The van der Waals surface area contributed by atoms with Gasteiger partial charge in [0, 0.05) is 24.7 Å². The lowest BCUT2D eigenvalue weighted by atomic mass is 9.95. The predicted molar refractivity (Wildman–Crippen MR) is 120 cm³/mol. The SMILES string of the molecule is C=CN(C)C1C(=O)NCc2cc(cc(C)c2F)-c2c(C)cccc2Oc2cccc1c2. The number of nitrogens with one attached hydrogen (secondary N) is 1. The van der Waals surface area contributed by atoms with E-state index in [1.54, 1.807) is 31.1 Å². The lowest BCUT2D eigenvalue weighted by molar-refractivity contribution is -0.125. The number of nitrogens with zero attached hydrogens (tertiary/aromatic N) is 1. The normalized spacial score (nSPS) is 15.4. The average molecular weight is 416 g/mol. The first kappa shape index (κ1) is 20.7. The van der Waals surface area contributed by atoms with Crippen molar-refractivity contribution in [2.24, 2.45) is 0 Å². The summed E-state index contributed by atoms with van der Waals surface area (Å²) in [7, 11) is 1.78. The predicted octanol–water partition coefficient (Wildman–Crippen LogP) is 5.65. The van der Waals surface area contributed by atoms with E-state index in [4.69, 9.17) is 4.74 Å². The van der Waals surface area contributed by atoms with Gasteiger partial charge in [-0.25, -0.2) is 4.39 Å². The maximum Gasteiger partial charge on any atom is 0.247 e. The lowest BCUT2D eigenvalue weighted by Crippen LogP contribution is -2.36. The standard InChI is InChI=1S/C26H25FN2O2/c1-5-29(4)25-18-9-7-10-21(14-18)31-22-11-6-8-16(2)23(22)19-12-17(3)24(27)20(13-19)15-28-26(25)30/h5-14,25H,1,15H2,2-4H3,(H,28,30). The number of rotatable bonds is 2. The summed E-state index contributed by atoms with van der Waals surface area (Å²) in [5, 5.41) is 2.90. The van der Waals surface area contributed by atoms with Crippen LogP contribution in [0.1, 0.15) is 28.3 Å². The monoisotopic (exact) mass is 416 g/mol. The molecule has 3 aromatic carbocycles. The number of benzene rings is 3. The van der Waals surface area contributed by atoms with Gasteiger partial charge >= 0.3 is 0 Å². The number of hydrogen-bond acceptors (Lipinski definition) is 3. The van der Waals surface area contributed by atoms with E-state index >= 15 is 0 Å². The van der Waals surface area contributed by atoms with Crippen molar-refractivity contribution in [1.29, 1.82) is 0 Å². The van der Waals surface area contributed by atoms with Crippen LogP contribution in [-0.4, -0.2) is 17.9 Å². The third-order valence-electron chi connectivity index (χ3n) is 5.65. The van der Waals surface area contributed by atoms with Crippen molar-refractivity contribution >= 4 is 5.91 Å². The summed E-state index contributed by atoms with van der Waals surface area (Å²) in [5.74, 6) is 0.748. The van der Waals surface area contributed by atoms with Crippen molar-refractivity contribution in [2.75, 3.05) is 7.05 Å². The number of fused-ring (bicyclic) bond motifs is 6. The second kappa shape index (κ2) is 8.26. The Morgan fingerprint density at radius 2 is 1.90 bits per heavy atom.